The third-order valence-electron chi connectivity index (χ3n) is 7.73. The van der Waals surface area contributed by atoms with Crippen LogP contribution >= 0.6 is 0 Å². The highest BCUT2D eigenvalue weighted by Gasteiger charge is 2.56. The van der Waals surface area contributed by atoms with Crippen LogP contribution in [0, 0.1) is 11.3 Å². The number of hydrogen-bond donors (Lipinski definition) is 1. The second-order valence-corrected chi connectivity index (χ2v) is 11.8. The molecule has 1 spiro atoms. The van der Waals surface area contributed by atoms with Crippen LogP contribution in [-0.2, 0) is 15.4 Å². The van der Waals surface area contributed by atoms with Crippen molar-refractivity contribution in [3.05, 3.63) is 29.6 Å². The van der Waals surface area contributed by atoms with E-state index in [2.05, 4.69) is 41.7 Å². The van der Waals surface area contributed by atoms with E-state index in [0.717, 1.165) is 43.5 Å². The fourth-order valence-electron chi connectivity index (χ4n) is 5.95. The molecule has 3 aliphatic rings. The number of urea groups is 1. The second kappa shape index (κ2) is 7.49. The molecule has 7 nitrogen and oxygen atoms in total. The van der Waals surface area contributed by atoms with E-state index in [4.69, 9.17) is 4.74 Å². The molecular weight excluding hydrogens is 400 g/mol. The predicted octanol–water partition coefficient (Wildman–Crippen LogP) is -1.10. The summed E-state index contributed by atoms with van der Waals surface area (Å²) < 4.78 is 5.51. The summed E-state index contributed by atoms with van der Waals surface area (Å²) in [6.07, 6.45) is 6.54. The predicted molar refractivity (Wildman–Crippen MR) is 135 cm³/mol. The molecule has 4 rings (SSSR count). The number of piperidine rings is 1. The first-order valence-electron chi connectivity index (χ1n) is 11.8. The molecule has 1 atom stereocenters. The van der Waals surface area contributed by atoms with E-state index in [1.54, 1.807) is 6.20 Å². The zero-order chi connectivity index (χ0) is 23.5. The van der Waals surface area contributed by atoms with Crippen LogP contribution in [0.5, 0.6) is 0 Å². The van der Waals surface area contributed by atoms with Gasteiger partial charge >= 0.3 is 12.1 Å². The number of amides is 3. The fourth-order valence-corrected chi connectivity index (χ4v) is 5.95. The number of nitrogens with one attached hydrogen (secondary N) is 1. The van der Waals surface area contributed by atoms with Crippen LogP contribution in [0.1, 0.15) is 51.2 Å². The molecule has 0 aromatic carbocycles. The third-order valence-corrected chi connectivity index (χ3v) is 7.73. The van der Waals surface area contributed by atoms with Crippen molar-refractivity contribution in [1.29, 1.82) is 0 Å². The Morgan fingerprint density at radius 3 is 2.38 bits per heavy atom. The molecule has 2 aliphatic heterocycles. The van der Waals surface area contributed by atoms with Crippen LogP contribution in [0.3, 0.4) is 0 Å². The molecule has 32 heavy (non-hydrogen) atoms. The highest BCUT2D eigenvalue weighted by Crippen LogP contribution is 2.59. The molecule has 0 radical (unpaired) electrons. The van der Waals surface area contributed by atoms with Crippen LogP contribution < -0.4 is 5.32 Å². The Kier molecular flexibility index (Phi) is 5.41. The van der Waals surface area contributed by atoms with E-state index in [1.165, 1.54) is 0 Å². The molecule has 1 unspecified atom stereocenters. The van der Waals surface area contributed by atoms with Gasteiger partial charge < -0.3 is 19.9 Å². The van der Waals surface area contributed by atoms with Gasteiger partial charge in [0.05, 0.1) is 0 Å². The molecule has 11 heteroatoms. The summed E-state index contributed by atoms with van der Waals surface area (Å²) in [5.74, 6) is 0.477. The molecule has 0 bridgehead atoms. The highest BCUT2D eigenvalue weighted by molar-refractivity contribution is 6.47. The molecule has 168 valence electrons. The van der Waals surface area contributed by atoms with E-state index >= 15 is 0 Å². The number of likely N-dealkylation sites (tertiary alicyclic amines) is 1. The number of hydrogen-bond acceptors (Lipinski definition) is 4. The van der Waals surface area contributed by atoms with Crippen LogP contribution in [-0.4, -0.2) is 83.5 Å². The van der Waals surface area contributed by atoms with E-state index in [-0.39, 0.29) is 17.5 Å². The van der Waals surface area contributed by atoms with Crippen LogP contribution in [0.15, 0.2) is 18.5 Å². The molecule has 1 saturated carbocycles. The number of aromatic nitrogens is 1. The highest BCUT2D eigenvalue weighted by atomic mass is 16.6. The summed E-state index contributed by atoms with van der Waals surface area (Å²) in [7, 11) is 8.38. The number of carbonyl (C=O) groups excluding carboxylic acids is 2. The maximum Gasteiger partial charge on any atom is 0.410 e. The maximum atomic E-state index is 13.3. The maximum absolute atomic E-state index is 13.3. The first-order chi connectivity index (χ1) is 14.8. The van der Waals surface area contributed by atoms with Gasteiger partial charge in [-0.15, -0.1) is 0 Å². The van der Waals surface area contributed by atoms with Gasteiger partial charge in [-0.2, -0.15) is 0 Å². The molecule has 2 fully saturated rings. The van der Waals surface area contributed by atoms with Gasteiger partial charge in [0.2, 0.25) is 0 Å². The molecule has 1 N–H and O–H groups in total. The summed E-state index contributed by atoms with van der Waals surface area (Å²) in [4.78, 5) is 33.8. The van der Waals surface area contributed by atoms with Crippen molar-refractivity contribution in [2.45, 2.75) is 56.3 Å². The Balaban J connectivity index is 1.33. The number of ether oxygens (including phenoxy) is 1. The van der Waals surface area contributed by atoms with Gasteiger partial charge in [-0.3, -0.25) is 4.98 Å². The third kappa shape index (κ3) is 3.92. The summed E-state index contributed by atoms with van der Waals surface area (Å²) >= 11 is 0. The molecule has 1 aromatic heterocycles. The van der Waals surface area contributed by atoms with Gasteiger partial charge in [0, 0.05) is 42.7 Å². The monoisotopic (exact) mass is 434 g/mol. The van der Waals surface area contributed by atoms with E-state index in [1.807, 2.05) is 42.8 Å². The van der Waals surface area contributed by atoms with Crippen molar-refractivity contribution in [3.63, 3.8) is 0 Å². The Labute approximate surface area is 195 Å². The lowest BCUT2D eigenvalue weighted by molar-refractivity contribution is 0.0165. The SMILES string of the molecule is BC1(B)c2ccncc2C(B)(B)N1C(=O)NCC1CC12CCN(C(=O)OC(C)(C)C)CC2. The van der Waals surface area contributed by atoms with Gasteiger partial charge in [0.25, 0.3) is 0 Å². The minimum Gasteiger partial charge on any atom is -0.444 e. The van der Waals surface area contributed by atoms with Crippen molar-refractivity contribution < 1.29 is 14.3 Å². The van der Waals surface area contributed by atoms with Crippen molar-refractivity contribution in [3.8, 4) is 0 Å². The van der Waals surface area contributed by atoms with E-state index in [0.29, 0.717) is 12.5 Å². The van der Waals surface area contributed by atoms with Gasteiger partial charge in [0.1, 0.15) is 37.0 Å². The summed E-state index contributed by atoms with van der Waals surface area (Å²) in [6.45, 7) is 7.83. The number of fused-ring (bicyclic) bond motifs is 1. The Morgan fingerprint density at radius 2 is 1.78 bits per heavy atom. The lowest BCUT2D eigenvalue weighted by atomic mass is 9.57. The van der Waals surface area contributed by atoms with Gasteiger partial charge in [-0.05, 0) is 68.6 Å². The Hall–Kier alpha value is -2.05. The van der Waals surface area contributed by atoms with Gasteiger partial charge in [-0.1, -0.05) is 0 Å². The van der Waals surface area contributed by atoms with E-state index < -0.39 is 16.3 Å². The number of nitrogens with zero attached hydrogens (tertiary/aromatic N) is 3. The van der Waals surface area contributed by atoms with Gasteiger partial charge in [-0.25, -0.2) is 9.59 Å². The van der Waals surface area contributed by atoms with Crippen LogP contribution in [0.2, 0.25) is 0 Å². The molecular formula is C21H34B4N4O3. The first kappa shape index (κ1) is 23.1. The summed E-state index contributed by atoms with van der Waals surface area (Å²) in [5.41, 5.74) is 2.06. The molecule has 1 saturated heterocycles. The van der Waals surface area contributed by atoms with Crippen molar-refractivity contribution in [2.75, 3.05) is 19.6 Å². The molecule has 1 aliphatic carbocycles. The van der Waals surface area contributed by atoms with Crippen molar-refractivity contribution >= 4 is 43.5 Å². The van der Waals surface area contributed by atoms with Crippen molar-refractivity contribution in [2.24, 2.45) is 11.3 Å². The molecule has 3 amide bonds. The minimum absolute atomic E-state index is 0.0237. The standard InChI is InChI=1S/C21H34B4N4O3/c1-18(2,3)32-17(31)28-8-5-19(6-9-28)10-13(19)11-27-16(30)29-20(22,23)14-4-7-26-12-15(14)21(29,24)25/h4,7,12-13H,5-6,8-11,22-25H2,1-3H3,(H,27,30). The normalized spacial score (nSPS) is 24.7. The Bertz CT molecular complexity index is 891. The summed E-state index contributed by atoms with van der Waals surface area (Å²) in [5, 5.41) is 2.41. The van der Waals surface area contributed by atoms with Crippen molar-refractivity contribution in [1.82, 2.24) is 20.1 Å². The smallest absolute Gasteiger partial charge is 0.410 e. The number of carbonyl (C=O) groups is 2. The fraction of sp³-hybridized carbons (Fsp3) is 0.667. The number of rotatable bonds is 2. The zero-order valence-corrected chi connectivity index (χ0v) is 20.6. The Morgan fingerprint density at radius 1 is 1.16 bits per heavy atom. The zero-order valence-electron chi connectivity index (χ0n) is 20.6. The lowest BCUT2D eigenvalue weighted by Gasteiger charge is -2.42. The quantitative estimate of drug-likeness (QED) is 0.601. The average molecular weight is 434 g/mol. The largest absolute Gasteiger partial charge is 0.444 e. The van der Waals surface area contributed by atoms with Crippen LogP contribution in [0.4, 0.5) is 9.59 Å². The second-order valence-electron chi connectivity index (χ2n) is 11.8. The summed E-state index contributed by atoms with van der Waals surface area (Å²) in [6, 6.07) is 2.00. The molecule has 3 heterocycles. The topological polar surface area (TPSA) is 74.8 Å². The van der Waals surface area contributed by atoms with E-state index in [9.17, 15) is 9.59 Å². The minimum atomic E-state index is -0.467. The first-order valence-corrected chi connectivity index (χ1v) is 11.8. The number of pyridine rings is 1. The lowest BCUT2D eigenvalue weighted by Crippen LogP contribution is -2.59. The van der Waals surface area contributed by atoms with Gasteiger partial charge in [0.15, 0.2) is 0 Å². The molecule has 1 aromatic rings. The van der Waals surface area contributed by atoms with Crippen LogP contribution in [0.25, 0.3) is 0 Å². The average Bonchev–Trinajstić information content (AvgIpc) is 3.32.